The van der Waals surface area contributed by atoms with Crippen molar-refractivity contribution in [2.24, 2.45) is 11.8 Å². The molecule has 3 aliphatic heterocycles. The molecule has 2 unspecified atom stereocenters. The summed E-state index contributed by atoms with van der Waals surface area (Å²) < 4.78 is -0.785. The van der Waals surface area contributed by atoms with Crippen LogP contribution in [-0.2, 0) is 14.4 Å². The molecule has 3 saturated heterocycles. The van der Waals surface area contributed by atoms with Crippen LogP contribution >= 0.6 is 11.8 Å². The minimum absolute atomic E-state index is 0.0519. The Morgan fingerprint density at radius 1 is 1.02 bits per heavy atom. The summed E-state index contributed by atoms with van der Waals surface area (Å²) in [6.07, 6.45) is 4.76. The molecule has 0 aliphatic carbocycles. The molecule has 3 heterocycles. The fourth-order valence-electron chi connectivity index (χ4n) is 7.50. The number of likely N-dealkylation sites (N-methyl/N-ethyl adjacent to an activating group) is 1. The summed E-state index contributed by atoms with van der Waals surface area (Å²) >= 11 is 1.63. The fourth-order valence-corrected chi connectivity index (χ4v) is 9.69. The predicted molar refractivity (Wildman–Crippen MR) is 172 cm³/mol. The summed E-state index contributed by atoms with van der Waals surface area (Å²) in [5.41, 5.74) is 1.46. The van der Waals surface area contributed by atoms with Gasteiger partial charge in [-0.3, -0.25) is 14.4 Å². The Morgan fingerprint density at radius 3 is 2.42 bits per heavy atom. The van der Waals surface area contributed by atoms with Crippen molar-refractivity contribution in [2.45, 2.75) is 34.9 Å². The maximum absolute atomic E-state index is 15.0. The van der Waals surface area contributed by atoms with Crippen LogP contribution in [0, 0.1) is 11.8 Å². The lowest BCUT2D eigenvalue weighted by Crippen LogP contribution is -2.56. The molecule has 0 saturated carbocycles. The lowest BCUT2D eigenvalue weighted by molar-refractivity contribution is -0.145. The molecule has 222 valence electrons. The van der Waals surface area contributed by atoms with Gasteiger partial charge in [0.05, 0.1) is 29.2 Å². The van der Waals surface area contributed by atoms with E-state index in [4.69, 9.17) is 0 Å². The number of anilines is 1. The Kier molecular flexibility index (Phi) is 7.92. The molecule has 3 amide bonds. The van der Waals surface area contributed by atoms with Crippen LogP contribution in [0.3, 0.4) is 0 Å². The van der Waals surface area contributed by atoms with E-state index in [0.29, 0.717) is 18.7 Å². The van der Waals surface area contributed by atoms with Gasteiger partial charge >= 0.3 is 0 Å². The third-order valence-corrected chi connectivity index (χ3v) is 11.3. The lowest BCUT2D eigenvalue weighted by Gasteiger charge is -2.39. The fraction of sp³-hybridized carbons (Fsp3) is 0.343. The normalized spacial score (nSPS) is 26.3. The molecule has 0 aromatic heterocycles. The van der Waals surface area contributed by atoms with E-state index in [-0.39, 0.29) is 36.1 Å². The molecule has 8 heteroatoms. The van der Waals surface area contributed by atoms with Crippen molar-refractivity contribution in [3.63, 3.8) is 0 Å². The monoisotopic (exact) mass is 595 g/mol. The molecule has 1 N–H and O–H groups in total. The average molecular weight is 596 g/mol. The maximum Gasteiger partial charge on any atom is 0.251 e. The van der Waals surface area contributed by atoms with E-state index in [1.165, 1.54) is 0 Å². The number of benzene rings is 3. The van der Waals surface area contributed by atoms with Gasteiger partial charge in [0.1, 0.15) is 6.04 Å². The standard InChI is InChI=1S/C35H37N3O4S/c1-4-19-36(3)32(40)29-28-17-18-35(43-28)30(29)33(41)38(27(22-39)24-12-7-6-8-13-24)31(35)34(42)37(20-5-2)26-16-15-23-11-9-10-14-25(23)21-26/h4-16,21,27-31,39H,1-2,17-20,22H2,3H3/t27-,28-,29+,30+,31?,35?/m1/s1. The molecule has 43 heavy (non-hydrogen) atoms. The number of carbonyl (C=O) groups is 3. The Hall–Kier alpha value is -3.88. The van der Waals surface area contributed by atoms with Crippen LogP contribution in [-0.4, -0.2) is 75.4 Å². The molecule has 3 fully saturated rings. The molecule has 3 aromatic carbocycles. The number of nitrogens with zero attached hydrogens (tertiary/aromatic N) is 3. The molecule has 6 atom stereocenters. The molecule has 1 spiro atoms. The second-order valence-electron chi connectivity index (χ2n) is 11.7. The van der Waals surface area contributed by atoms with Gasteiger partial charge in [-0.05, 0) is 41.3 Å². The summed E-state index contributed by atoms with van der Waals surface area (Å²) in [4.78, 5) is 48.4. The molecule has 3 aromatic rings. The second kappa shape index (κ2) is 11.7. The van der Waals surface area contributed by atoms with Gasteiger partial charge < -0.3 is 19.8 Å². The minimum Gasteiger partial charge on any atom is -0.394 e. The molecule has 0 radical (unpaired) electrons. The topological polar surface area (TPSA) is 81.2 Å². The number of hydrogen-bond acceptors (Lipinski definition) is 5. The van der Waals surface area contributed by atoms with Gasteiger partial charge in [0.25, 0.3) is 5.91 Å². The zero-order valence-corrected chi connectivity index (χ0v) is 25.2. The van der Waals surface area contributed by atoms with Crippen molar-refractivity contribution in [1.82, 2.24) is 9.80 Å². The second-order valence-corrected chi connectivity index (χ2v) is 13.3. The molecular weight excluding hydrogens is 558 g/mol. The molecule has 7 nitrogen and oxygen atoms in total. The molecule has 6 rings (SSSR count). The smallest absolute Gasteiger partial charge is 0.251 e. The maximum atomic E-state index is 15.0. The number of thioether (sulfide) groups is 1. The highest BCUT2D eigenvalue weighted by Crippen LogP contribution is 2.67. The van der Waals surface area contributed by atoms with Crippen LogP contribution in [0.1, 0.15) is 24.4 Å². The lowest BCUT2D eigenvalue weighted by atomic mass is 9.70. The van der Waals surface area contributed by atoms with Crippen LogP contribution in [0.4, 0.5) is 5.69 Å². The van der Waals surface area contributed by atoms with Gasteiger partial charge in [-0.15, -0.1) is 24.9 Å². The minimum atomic E-state index is -0.869. The molecular formula is C35H37N3O4S. The van der Waals surface area contributed by atoms with E-state index < -0.39 is 28.7 Å². The first-order valence-corrected chi connectivity index (χ1v) is 15.7. The molecule has 3 aliphatic rings. The number of likely N-dealkylation sites (tertiary alicyclic amines) is 1. The highest BCUT2D eigenvalue weighted by Gasteiger charge is 2.74. The number of carbonyl (C=O) groups excluding carboxylic acids is 3. The third kappa shape index (κ3) is 4.68. The predicted octanol–water partition coefficient (Wildman–Crippen LogP) is 4.83. The largest absolute Gasteiger partial charge is 0.394 e. The van der Waals surface area contributed by atoms with Gasteiger partial charge in [-0.2, -0.15) is 0 Å². The highest BCUT2D eigenvalue weighted by molar-refractivity contribution is 8.02. The van der Waals surface area contributed by atoms with Crippen molar-refractivity contribution >= 4 is 45.9 Å². The number of aliphatic hydroxyl groups excluding tert-OH is 1. The zero-order chi connectivity index (χ0) is 30.3. The number of rotatable bonds is 10. The van der Waals surface area contributed by atoms with Crippen molar-refractivity contribution in [2.75, 3.05) is 31.6 Å². The third-order valence-electron chi connectivity index (χ3n) is 9.35. The first-order chi connectivity index (χ1) is 20.9. The summed E-state index contributed by atoms with van der Waals surface area (Å²) in [7, 11) is 1.74. The van der Waals surface area contributed by atoms with E-state index in [2.05, 4.69) is 13.2 Å². The van der Waals surface area contributed by atoms with Gasteiger partial charge in [0, 0.05) is 31.1 Å². The van der Waals surface area contributed by atoms with Crippen LogP contribution < -0.4 is 4.90 Å². The number of amides is 3. The Bertz CT molecular complexity index is 1580. The van der Waals surface area contributed by atoms with Gasteiger partial charge in [0.15, 0.2) is 0 Å². The zero-order valence-electron chi connectivity index (χ0n) is 24.3. The molecule has 2 bridgehead atoms. The Balaban J connectivity index is 1.48. The SMILES string of the molecule is C=CCN(C)C(=O)[C@@H]1[C@H]2C(=O)N([C@H](CO)c3ccccc3)C(C(=O)N(CC=C)c3ccc4ccccc4c3)C23CC[C@H]1S3. The Morgan fingerprint density at radius 2 is 1.72 bits per heavy atom. The van der Waals surface area contributed by atoms with Gasteiger partial charge in [-0.1, -0.05) is 72.8 Å². The number of hydrogen-bond donors (Lipinski definition) is 1. The van der Waals surface area contributed by atoms with Crippen molar-refractivity contribution in [3.8, 4) is 0 Å². The van der Waals surface area contributed by atoms with Crippen molar-refractivity contribution < 1.29 is 19.5 Å². The van der Waals surface area contributed by atoms with Gasteiger partial charge in [0.2, 0.25) is 11.8 Å². The van der Waals surface area contributed by atoms with Crippen LogP contribution in [0.5, 0.6) is 0 Å². The quantitative estimate of drug-likeness (QED) is 0.340. The van der Waals surface area contributed by atoms with Crippen LogP contribution in [0.25, 0.3) is 10.8 Å². The first-order valence-electron chi connectivity index (χ1n) is 14.8. The average Bonchev–Trinajstić information content (AvgIpc) is 3.67. The highest BCUT2D eigenvalue weighted by atomic mass is 32.2. The van der Waals surface area contributed by atoms with E-state index in [9.17, 15) is 19.5 Å². The van der Waals surface area contributed by atoms with Crippen LogP contribution in [0.15, 0.2) is 98.1 Å². The van der Waals surface area contributed by atoms with E-state index in [0.717, 1.165) is 22.8 Å². The van der Waals surface area contributed by atoms with E-state index in [1.807, 2.05) is 72.8 Å². The summed E-state index contributed by atoms with van der Waals surface area (Å²) in [5.74, 6) is -1.76. The van der Waals surface area contributed by atoms with Crippen LogP contribution in [0.2, 0.25) is 0 Å². The number of fused-ring (bicyclic) bond motifs is 2. The Labute approximate surface area is 256 Å². The van der Waals surface area contributed by atoms with Crippen molar-refractivity contribution in [3.05, 3.63) is 104 Å². The van der Waals surface area contributed by atoms with E-state index in [1.54, 1.807) is 45.7 Å². The van der Waals surface area contributed by atoms with Crippen molar-refractivity contribution in [1.29, 1.82) is 0 Å². The van der Waals surface area contributed by atoms with E-state index >= 15 is 0 Å². The summed E-state index contributed by atoms with van der Waals surface area (Å²) in [6, 6.07) is 21.7. The summed E-state index contributed by atoms with van der Waals surface area (Å²) in [5, 5.41) is 12.8. The van der Waals surface area contributed by atoms with Gasteiger partial charge in [-0.25, -0.2) is 0 Å². The first kappa shape index (κ1) is 29.2. The number of aliphatic hydroxyl groups is 1. The summed E-state index contributed by atoms with van der Waals surface area (Å²) in [6.45, 7) is 8.00.